The summed E-state index contributed by atoms with van der Waals surface area (Å²) in [5.74, 6) is 0.538. The maximum absolute atomic E-state index is 14.3. The second kappa shape index (κ2) is 17.9. The zero-order chi connectivity index (χ0) is 40.0. The molecule has 0 saturated carbocycles. The van der Waals surface area contributed by atoms with Crippen LogP contribution in [0.2, 0.25) is 10.0 Å². The first-order valence-corrected chi connectivity index (χ1v) is 20.5. The number of halogens is 3. The number of para-hydroxylation sites is 1. The van der Waals surface area contributed by atoms with Gasteiger partial charge in [0.05, 0.1) is 10.6 Å². The lowest BCUT2D eigenvalue weighted by Gasteiger charge is -2.27. The van der Waals surface area contributed by atoms with Gasteiger partial charge in [0.2, 0.25) is 10.0 Å². The van der Waals surface area contributed by atoms with E-state index in [-0.39, 0.29) is 47.3 Å². The number of aromatic hydroxyl groups is 1. The Morgan fingerprint density at radius 2 is 1.50 bits per heavy atom. The van der Waals surface area contributed by atoms with E-state index in [4.69, 9.17) is 27.9 Å². The van der Waals surface area contributed by atoms with Crippen molar-refractivity contribution in [1.29, 1.82) is 0 Å². The Hall–Kier alpha value is -4.93. The predicted molar refractivity (Wildman–Crippen MR) is 220 cm³/mol. The van der Waals surface area contributed by atoms with Crippen molar-refractivity contribution in [3.63, 3.8) is 0 Å². The van der Waals surface area contributed by atoms with Crippen molar-refractivity contribution in [3.8, 4) is 22.6 Å². The highest BCUT2D eigenvalue weighted by molar-refractivity contribution is 7.89. The molecule has 0 radical (unpaired) electrons. The normalized spacial score (nSPS) is 14.2. The standard InChI is InChI=1S/C45H43Cl2FN2O5S/c1-30(2)26-49(45(52)40-12-4-5-13-42(40)55-39-11-6-8-31(3)22-39)27-33-9-7-10-34(23-33)29-50(56(53,54)43-25-37(46)24-41(47)44(43)51)28-32-14-16-35(17-15-32)36-18-20-38(48)21-19-36/h4-7,9-25,30-31,51H,8,26-29H2,1-3H3. The number of carbonyl (C=O) groups is 1. The first-order valence-electron chi connectivity index (χ1n) is 18.3. The smallest absolute Gasteiger partial charge is 0.257 e. The van der Waals surface area contributed by atoms with E-state index in [9.17, 15) is 22.7 Å². The Morgan fingerprint density at radius 3 is 2.18 bits per heavy atom. The second-order valence-corrected chi connectivity index (χ2v) is 17.1. The van der Waals surface area contributed by atoms with Crippen LogP contribution >= 0.6 is 23.2 Å². The molecular weight excluding hydrogens is 770 g/mol. The zero-order valence-electron chi connectivity index (χ0n) is 31.3. The van der Waals surface area contributed by atoms with Crippen LogP contribution in [-0.4, -0.2) is 35.2 Å². The van der Waals surface area contributed by atoms with E-state index in [0.29, 0.717) is 40.7 Å². The fourth-order valence-electron chi connectivity index (χ4n) is 6.56. The minimum atomic E-state index is -4.38. The first-order chi connectivity index (χ1) is 26.8. The minimum absolute atomic E-state index is 0.0559. The molecule has 7 nitrogen and oxygen atoms in total. The van der Waals surface area contributed by atoms with Gasteiger partial charge < -0.3 is 14.7 Å². The van der Waals surface area contributed by atoms with Gasteiger partial charge in [-0.1, -0.05) is 123 Å². The van der Waals surface area contributed by atoms with Gasteiger partial charge in [-0.25, -0.2) is 12.8 Å². The van der Waals surface area contributed by atoms with Crippen LogP contribution in [0.4, 0.5) is 4.39 Å². The van der Waals surface area contributed by atoms with Gasteiger partial charge in [0.25, 0.3) is 5.91 Å². The van der Waals surface area contributed by atoms with Crippen molar-refractivity contribution in [1.82, 2.24) is 9.21 Å². The van der Waals surface area contributed by atoms with E-state index in [0.717, 1.165) is 23.1 Å². The molecule has 1 aliphatic rings. The molecular formula is C45H43Cl2FN2O5S. The number of phenolic OH excluding ortho intramolecular Hbond substituents is 1. The van der Waals surface area contributed by atoms with Gasteiger partial charge in [-0.15, -0.1) is 0 Å². The van der Waals surface area contributed by atoms with Crippen LogP contribution < -0.4 is 4.74 Å². The summed E-state index contributed by atoms with van der Waals surface area (Å²) in [6.45, 7) is 6.81. The summed E-state index contributed by atoms with van der Waals surface area (Å²) in [7, 11) is -4.38. The summed E-state index contributed by atoms with van der Waals surface area (Å²) in [6.07, 6.45) is 6.97. The molecule has 0 spiro atoms. The number of sulfonamides is 1. The number of nitrogens with zero attached hydrogens (tertiary/aromatic N) is 2. The summed E-state index contributed by atoms with van der Waals surface area (Å²) in [5, 5.41) is 10.7. The molecule has 0 aliphatic heterocycles. The lowest BCUT2D eigenvalue weighted by atomic mass is 10.0. The molecule has 0 heterocycles. The average Bonchev–Trinajstić information content (AvgIpc) is 3.16. The summed E-state index contributed by atoms with van der Waals surface area (Å²) in [6, 6.07) is 30.5. The van der Waals surface area contributed by atoms with Gasteiger partial charge in [-0.2, -0.15) is 4.31 Å². The molecule has 0 fully saturated rings. The van der Waals surface area contributed by atoms with Gasteiger partial charge >= 0.3 is 0 Å². The topological polar surface area (TPSA) is 87.2 Å². The molecule has 0 saturated heterocycles. The Labute approximate surface area is 338 Å². The quantitative estimate of drug-likeness (QED) is 0.121. The number of amides is 1. The molecule has 6 rings (SSSR count). The van der Waals surface area contributed by atoms with E-state index < -0.39 is 20.7 Å². The number of hydrogen-bond donors (Lipinski definition) is 1. The van der Waals surface area contributed by atoms with Crippen LogP contribution in [-0.2, 0) is 29.7 Å². The molecule has 0 aromatic heterocycles. The summed E-state index contributed by atoms with van der Waals surface area (Å²) >= 11 is 12.4. The molecule has 1 amide bonds. The average molecular weight is 814 g/mol. The summed E-state index contributed by atoms with van der Waals surface area (Å²) < 4.78 is 49.7. The lowest BCUT2D eigenvalue weighted by Crippen LogP contribution is -2.34. The Kier molecular flexibility index (Phi) is 13.0. The third kappa shape index (κ3) is 10.1. The van der Waals surface area contributed by atoms with Crippen molar-refractivity contribution in [2.24, 2.45) is 11.8 Å². The molecule has 5 aromatic carbocycles. The van der Waals surface area contributed by atoms with Crippen molar-refractivity contribution >= 4 is 39.1 Å². The molecule has 0 bridgehead atoms. The predicted octanol–water partition coefficient (Wildman–Crippen LogP) is 11.1. The second-order valence-electron chi connectivity index (χ2n) is 14.4. The molecule has 1 aliphatic carbocycles. The summed E-state index contributed by atoms with van der Waals surface area (Å²) in [4.78, 5) is 15.6. The molecule has 5 aromatic rings. The number of carbonyl (C=O) groups excluding carboxylic acids is 1. The van der Waals surface area contributed by atoms with E-state index >= 15 is 0 Å². The van der Waals surface area contributed by atoms with Crippen molar-refractivity contribution in [2.45, 2.75) is 51.7 Å². The van der Waals surface area contributed by atoms with Gasteiger partial charge in [0, 0.05) is 31.2 Å². The monoisotopic (exact) mass is 812 g/mol. The third-order valence-electron chi connectivity index (χ3n) is 9.28. The number of benzene rings is 5. The molecule has 1 N–H and O–H groups in total. The SMILES string of the molecule is CC(C)CN(Cc1cccc(CN(Cc2ccc(-c3ccc(F)cc3)cc2)S(=O)(=O)c2cc(Cl)cc(Cl)c2O)c1)C(=O)c1ccccc1OC1=CC(C)CC=C1. The van der Waals surface area contributed by atoms with E-state index in [1.54, 1.807) is 41.3 Å². The van der Waals surface area contributed by atoms with Gasteiger partial charge in [0.1, 0.15) is 22.2 Å². The minimum Gasteiger partial charge on any atom is -0.505 e. The molecule has 1 unspecified atom stereocenters. The van der Waals surface area contributed by atoms with E-state index in [2.05, 4.69) is 13.0 Å². The number of phenols is 1. The fourth-order valence-corrected chi connectivity index (χ4v) is 8.72. The lowest BCUT2D eigenvalue weighted by molar-refractivity contribution is 0.0719. The Balaban J connectivity index is 1.29. The van der Waals surface area contributed by atoms with Crippen LogP contribution in [0.1, 0.15) is 54.2 Å². The highest BCUT2D eigenvalue weighted by Gasteiger charge is 2.30. The molecule has 290 valence electrons. The fraction of sp³-hybridized carbons (Fsp3) is 0.222. The van der Waals surface area contributed by atoms with Crippen molar-refractivity contribution < 1.29 is 27.4 Å². The molecule has 11 heteroatoms. The van der Waals surface area contributed by atoms with Gasteiger partial charge in [0.15, 0.2) is 5.75 Å². The van der Waals surface area contributed by atoms with Crippen molar-refractivity contribution in [2.75, 3.05) is 6.54 Å². The van der Waals surface area contributed by atoms with Crippen LogP contribution in [0.15, 0.2) is 138 Å². The number of hydrogen-bond acceptors (Lipinski definition) is 5. The van der Waals surface area contributed by atoms with Gasteiger partial charge in [-0.3, -0.25) is 4.79 Å². The number of ether oxygens (including phenoxy) is 1. The van der Waals surface area contributed by atoms with Crippen LogP contribution in [0, 0.1) is 17.7 Å². The van der Waals surface area contributed by atoms with E-state index in [1.807, 2.05) is 74.5 Å². The van der Waals surface area contributed by atoms with Crippen LogP contribution in [0.3, 0.4) is 0 Å². The maximum Gasteiger partial charge on any atom is 0.257 e. The van der Waals surface area contributed by atoms with Crippen LogP contribution in [0.5, 0.6) is 11.5 Å². The zero-order valence-corrected chi connectivity index (χ0v) is 33.7. The summed E-state index contributed by atoms with van der Waals surface area (Å²) in [5.41, 5.74) is 4.23. The Bertz CT molecular complexity index is 2360. The molecule has 1 atom stereocenters. The Morgan fingerprint density at radius 1 is 0.857 bits per heavy atom. The van der Waals surface area contributed by atoms with E-state index in [1.165, 1.54) is 28.6 Å². The largest absolute Gasteiger partial charge is 0.505 e. The van der Waals surface area contributed by atoms with Gasteiger partial charge in [-0.05, 0) is 94.6 Å². The van der Waals surface area contributed by atoms with Crippen molar-refractivity contribution in [3.05, 3.63) is 171 Å². The number of rotatable bonds is 14. The maximum atomic E-state index is 14.3. The highest BCUT2D eigenvalue weighted by Crippen LogP contribution is 2.37. The van der Waals surface area contributed by atoms with Crippen LogP contribution in [0.25, 0.3) is 11.1 Å². The third-order valence-corrected chi connectivity index (χ3v) is 11.6. The first kappa shape index (κ1) is 40.7. The highest BCUT2D eigenvalue weighted by atomic mass is 35.5. The number of allylic oxidation sites excluding steroid dienone is 3. The molecule has 56 heavy (non-hydrogen) atoms.